The van der Waals surface area contributed by atoms with Crippen molar-refractivity contribution in [3.05, 3.63) is 34.6 Å². The number of halogens is 2. The summed E-state index contributed by atoms with van der Waals surface area (Å²) in [4.78, 5) is 24.0. The Morgan fingerprint density at radius 3 is 2.20 bits per heavy atom. The summed E-state index contributed by atoms with van der Waals surface area (Å²) in [6.07, 6.45) is 0. The van der Waals surface area contributed by atoms with Crippen LogP contribution in [-0.2, 0) is 25.6 Å². The molecule has 0 radical (unpaired) electrons. The van der Waals surface area contributed by atoms with E-state index in [1.807, 2.05) is 0 Å². The summed E-state index contributed by atoms with van der Waals surface area (Å²) < 4.78 is 22.8. The molecule has 1 aromatic carbocycles. The third-order valence-electron chi connectivity index (χ3n) is 2.60. The number of nitrogens with zero attached hydrogens (tertiary/aromatic N) is 1. The highest BCUT2D eigenvalue weighted by Crippen LogP contribution is 2.20. The molecule has 0 fully saturated rings. The molecule has 7 heteroatoms. The van der Waals surface area contributed by atoms with Crippen molar-refractivity contribution in [2.24, 2.45) is 0 Å². The second-order valence-electron chi connectivity index (χ2n) is 4.00. The van der Waals surface area contributed by atoms with Gasteiger partial charge in [-0.2, -0.15) is 0 Å². The molecule has 0 heterocycles. The van der Waals surface area contributed by atoms with E-state index >= 15 is 0 Å². The van der Waals surface area contributed by atoms with Crippen LogP contribution in [0.5, 0.6) is 0 Å². The molecule has 0 aliphatic carbocycles. The van der Waals surface area contributed by atoms with Crippen LogP contribution >= 0.6 is 11.6 Å². The zero-order chi connectivity index (χ0) is 15.1. The van der Waals surface area contributed by atoms with Crippen molar-refractivity contribution in [1.29, 1.82) is 0 Å². The Morgan fingerprint density at radius 2 is 1.75 bits per heavy atom. The SMILES string of the molecule is COC(=O)CN(CC(=O)OC)Cc1c(F)cccc1Cl. The maximum Gasteiger partial charge on any atom is 0.319 e. The Hall–Kier alpha value is -1.66. The normalized spacial score (nSPS) is 10.4. The molecular weight excluding hydrogens is 289 g/mol. The summed E-state index contributed by atoms with van der Waals surface area (Å²) in [5.41, 5.74) is 0.210. The first-order valence-electron chi connectivity index (χ1n) is 5.76. The van der Waals surface area contributed by atoms with Crippen molar-refractivity contribution in [2.75, 3.05) is 27.3 Å². The summed E-state index contributed by atoms with van der Waals surface area (Å²) in [5.74, 6) is -1.58. The predicted octanol–water partition coefficient (Wildman–Crippen LogP) is 1.63. The highest BCUT2D eigenvalue weighted by molar-refractivity contribution is 6.31. The third kappa shape index (κ3) is 4.79. The van der Waals surface area contributed by atoms with E-state index in [0.29, 0.717) is 0 Å². The summed E-state index contributed by atoms with van der Waals surface area (Å²) >= 11 is 5.92. The zero-order valence-corrected chi connectivity index (χ0v) is 11.9. The fourth-order valence-corrected chi connectivity index (χ4v) is 1.79. The fraction of sp³-hybridized carbons (Fsp3) is 0.385. The minimum absolute atomic E-state index is 0.00426. The lowest BCUT2D eigenvalue weighted by molar-refractivity contribution is -0.145. The molecule has 0 saturated carbocycles. The number of benzene rings is 1. The average molecular weight is 304 g/mol. The molecule has 5 nitrogen and oxygen atoms in total. The van der Waals surface area contributed by atoms with Gasteiger partial charge >= 0.3 is 11.9 Å². The Balaban J connectivity index is 2.87. The molecule has 0 amide bonds. The van der Waals surface area contributed by atoms with E-state index in [9.17, 15) is 14.0 Å². The highest BCUT2D eigenvalue weighted by Gasteiger charge is 2.18. The van der Waals surface area contributed by atoms with Gasteiger partial charge in [0.05, 0.1) is 27.3 Å². The topological polar surface area (TPSA) is 55.8 Å². The van der Waals surface area contributed by atoms with Crippen LogP contribution in [0.15, 0.2) is 18.2 Å². The molecule has 110 valence electrons. The molecular formula is C13H15ClFNO4. The monoisotopic (exact) mass is 303 g/mol. The van der Waals surface area contributed by atoms with E-state index in [0.717, 1.165) is 0 Å². The minimum Gasteiger partial charge on any atom is -0.468 e. The molecule has 0 aliphatic heterocycles. The molecule has 0 aliphatic rings. The molecule has 0 N–H and O–H groups in total. The zero-order valence-electron chi connectivity index (χ0n) is 11.2. The second kappa shape index (κ2) is 7.81. The molecule has 1 aromatic rings. The number of carbonyl (C=O) groups excluding carboxylic acids is 2. The van der Waals surface area contributed by atoms with Gasteiger partial charge in [-0.3, -0.25) is 14.5 Å². The smallest absolute Gasteiger partial charge is 0.319 e. The van der Waals surface area contributed by atoms with Gasteiger partial charge < -0.3 is 9.47 Å². The second-order valence-corrected chi connectivity index (χ2v) is 4.40. The molecule has 0 bridgehead atoms. The van der Waals surface area contributed by atoms with Gasteiger partial charge in [0, 0.05) is 17.1 Å². The van der Waals surface area contributed by atoms with Gasteiger partial charge in [-0.1, -0.05) is 17.7 Å². The highest BCUT2D eigenvalue weighted by atomic mass is 35.5. The van der Waals surface area contributed by atoms with Gasteiger partial charge in [0.1, 0.15) is 5.82 Å². The molecule has 0 spiro atoms. The summed E-state index contributed by atoms with van der Waals surface area (Å²) in [5, 5.41) is 0.227. The van der Waals surface area contributed by atoms with Gasteiger partial charge in [0.2, 0.25) is 0 Å². The van der Waals surface area contributed by atoms with Crippen molar-refractivity contribution >= 4 is 23.5 Å². The van der Waals surface area contributed by atoms with Crippen LogP contribution in [0.1, 0.15) is 5.56 Å². The Kier molecular flexibility index (Phi) is 6.41. The van der Waals surface area contributed by atoms with Crippen molar-refractivity contribution in [3.63, 3.8) is 0 Å². The first-order valence-corrected chi connectivity index (χ1v) is 6.14. The first kappa shape index (κ1) is 16.4. The van der Waals surface area contributed by atoms with Crippen LogP contribution in [0, 0.1) is 5.82 Å². The first-order chi connectivity index (χ1) is 9.47. The fourth-order valence-electron chi connectivity index (χ4n) is 1.57. The van der Waals surface area contributed by atoms with Crippen LogP contribution in [0.4, 0.5) is 4.39 Å². The van der Waals surface area contributed by atoms with E-state index in [4.69, 9.17) is 11.6 Å². The summed E-state index contributed by atoms with van der Waals surface area (Å²) in [6, 6.07) is 4.27. The molecule has 0 unspecified atom stereocenters. The maximum atomic E-state index is 13.7. The minimum atomic E-state index is -0.540. The van der Waals surface area contributed by atoms with Crippen molar-refractivity contribution in [2.45, 2.75) is 6.54 Å². The van der Waals surface area contributed by atoms with Crippen LogP contribution in [-0.4, -0.2) is 44.1 Å². The lowest BCUT2D eigenvalue weighted by Gasteiger charge is -2.20. The van der Waals surface area contributed by atoms with Gasteiger partial charge in [-0.05, 0) is 12.1 Å². The quantitative estimate of drug-likeness (QED) is 0.748. The Labute approximate surface area is 121 Å². The molecule has 20 heavy (non-hydrogen) atoms. The summed E-state index contributed by atoms with van der Waals surface area (Å²) in [7, 11) is 2.46. The van der Waals surface area contributed by atoms with Gasteiger partial charge in [-0.25, -0.2) is 4.39 Å². The largest absolute Gasteiger partial charge is 0.468 e. The van der Waals surface area contributed by atoms with Crippen molar-refractivity contribution in [1.82, 2.24) is 4.90 Å². The number of carbonyl (C=O) groups is 2. The third-order valence-corrected chi connectivity index (χ3v) is 2.96. The lowest BCUT2D eigenvalue weighted by Crippen LogP contribution is -2.35. The predicted molar refractivity (Wildman–Crippen MR) is 70.7 cm³/mol. The van der Waals surface area contributed by atoms with E-state index < -0.39 is 17.8 Å². The van der Waals surface area contributed by atoms with Gasteiger partial charge in [-0.15, -0.1) is 0 Å². The number of hydrogen-bond donors (Lipinski definition) is 0. The molecule has 0 atom stereocenters. The number of esters is 2. The number of ether oxygens (including phenoxy) is 2. The lowest BCUT2D eigenvalue weighted by atomic mass is 10.2. The number of hydrogen-bond acceptors (Lipinski definition) is 5. The number of methoxy groups -OCH3 is 2. The van der Waals surface area contributed by atoms with Crippen molar-refractivity contribution < 1.29 is 23.5 Å². The summed E-state index contributed by atoms with van der Waals surface area (Å²) in [6.45, 7) is -0.345. The Bertz CT molecular complexity index is 457. The van der Waals surface area contributed by atoms with Crippen LogP contribution in [0.3, 0.4) is 0 Å². The molecule has 0 saturated heterocycles. The van der Waals surface area contributed by atoms with E-state index in [2.05, 4.69) is 9.47 Å². The Morgan fingerprint density at radius 1 is 1.20 bits per heavy atom. The van der Waals surface area contributed by atoms with Gasteiger partial charge in [0.15, 0.2) is 0 Å². The van der Waals surface area contributed by atoms with E-state index in [-0.39, 0.29) is 30.2 Å². The average Bonchev–Trinajstić information content (AvgIpc) is 2.42. The number of rotatable bonds is 6. The van der Waals surface area contributed by atoms with E-state index in [1.165, 1.54) is 37.3 Å². The van der Waals surface area contributed by atoms with Crippen LogP contribution in [0.25, 0.3) is 0 Å². The molecule has 0 aromatic heterocycles. The maximum absolute atomic E-state index is 13.7. The molecule has 1 rings (SSSR count). The standard InChI is InChI=1S/C13H15ClFNO4/c1-19-12(17)7-16(8-13(18)20-2)6-9-10(14)4-3-5-11(9)15/h3-5H,6-8H2,1-2H3. The van der Waals surface area contributed by atoms with Crippen molar-refractivity contribution in [3.8, 4) is 0 Å². The van der Waals surface area contributed by atoms with E-state index in [1.54, 1.807) is 0 Å². The van der Waals surface area contributed by atoms with Crippen LogP contribution < -0.4 is 0 Å². The van der Waals surface area contributed by atoms with Crippen LogP contribution in [0.2, 0.25) is 5.02 Å². The van der Waals surface area contributed by atoms with Gasteiger partial charge in [0.25, 0.3) is 0 Å².